The van der Waals surface area contributed by atoms with Crippen molar-refractivity contribution in [2.24, 2.45) is 0 Å². The molecule has 0 bridgehead atoms. The molecule has 1 heterocycles. The maximum absolute atomic E-state index is 11.7. The normalized spacial score (nSPS) is 9.76. The minimum absolute atomic E-state index is 0.230. The van der Waals surface area contributed by atoms with Crippen LogP contribution in [0.4, 0.5) is 17.2 Å². The first-order valence-electron chi connectivity index (χ1n) is 5.85. The Bertz CT molecular complexity index is 740. The van der Waals surface area contributed by atoms with Crippen molar-refractivity contribution < 1.29 is 9.53 Å². The van der Waals surface area contributed by atoms with E-state index in [9.17, 15) is 4.79 Å². The summed E-state index contributed by atoms with van der Waals surface area (Å²) in [5, 5.41) is 11.9. The Morgan fingerprint density at radius 3 is 2.86 bits per heavy atom. The highest BCUT2D eigenvalue weighted by Gasteiger charge is 2.15. The van der Waals surface area contributed by atoms with E-state index in [0.29, 0.717) is 27.2 Å². The zero-order valence-electron chi connectivity index (χ0n) is 11.1. The van der Waals surface area contributed by atoms with Gasteiger partial charge < -0.3 is 15.8 Å². The zero-order valence-corrected chi connectivity index (χ0v) is 12.6. The van der Waals surface area contributed by atoms with E-state index < -0.39 is 5.97 Å². The second kappa shape index (κ2) is 6.24. The van der Waals surface area contributed by atoms with Gasteiger partial charge in [-0.05, 0) is 40.2 Å². The third-order valence-electron chi connectivity index (χ3n) is 2.67. The van der Waals surface area contributed by atoms with Gasteiger partial charge in [0, 0.05) is 4.47 Å². The van der Waals surface area contributed by atoms with Crippen LogP contribution in [0.25, 0.3) is 0 Å². The molecule has 1 aromatic heterocycles. The highest BCUT2D eigenvalue weighted by atomic mass is 79.9. The minimum atomic E-state index is -0.540. The number of hydrogen-bond acceptors (Lipinski definition) is 6. The molecular weight excluding hydrogens is 336 g/mol. The average Bonchev–Trinajstić information content (AvgIpc) is 2.49. The van der Waals surface area contributed by atoms with Gasteiger partial charge in [-0.25, -0.2) is 9.78 Å². The minimum Gasteiger partial charge on any atom is -0.465 e. The molecule has 0 atom stereocenters. The third-order valence-corrected chi connectivity index (χ3v) is 3.32. The number of benzene rings is 1. The van der Waals surface area contributed by atoms with E-state index in [1.54, 1.807) is 18.2 Å². The van der Waals surface area contributed by atoms with E-state index in [-0.39, 0.29) is 5.56 Å². The van der Waals surface area contributed by atoms with Crippen molar-refractivity contribution in [3.63, 3.8) is 0 Å². The number of carbonyl (C=O) groups excluding carboxylic acids is 1. The number of hydrogen-bond donors (Lipinski definition) is 2. The first-order chi connectivity index (χ1) is 10.0. The van der Waals surface area contributed by atoms with Gasteiger partial charge in [0.2, 0.25) is 0 Å². The number of nitrogens with zero attached hydrogens (tertiary/aromatic N) is 2. The lowest BCUT2D eigenvalue weighted by molar-refractivity contribution is 0.0601. The van der Waals surface area contributed by atoms with Crippen molar-refractivity contribution in [1.29, 1.82) is 5.26 Å². The summed E-state index contributed by atoms with van der Waals surface area (Å²) in [5.41, 5.74) is 7.41. The Morgan fingerprint density at radius 1 is 1.48 bits per heavy atom. The fourth-order valence-corrected chi connectivity index (χ4v) is 2.14. The Balaban J connectivity index is 2.40. The van der Waals surface area contributed by atoms with Gasteiger partial charge in [-0.1, -0.05) is 0 Å². The van der Waals surface area contributed by atoms with Crippen LogP contribution in [-0.2, 0) is 4.74 Å². The number of rotatable bonds is 3. The number of anilines is 3. The lowest BCUT2D eigenvalue weighted by Gasteiger charge is -2.11. The van der Waals surface area contributed by atoms with E-state index in [2.05, 4.69) is 26.2 Å². The summed E-state index contributed by atoms with van der Waals surface area (Å²) in [6.07, 6.45) is 1.44. The lowest BCUT2D eigenvalue weighted by Crippen LogP contribution is -2.08. The van der Waals surface area contributed by atoms with E-state index in [1.165, 1.54) is 19.4 Å². The van der Waals surface area contributed by atoms with Crippen molar-refractivity contribution in [3.05, 3.63) is 46.1 Å². The maximum Gasteiger partial charge on any atom is 0.341 e. The van der Waals surface area contributed by atoms with Gasteiger partial charge in [0.1, 0.15) is 11.4 Å². The van der Waals surface area contributed by atoms with Crippen LogP contribution >= 0.6 is 15.9 Å². The highest BCUT2D eigenvalue weighted by molar-refractivity contribution is 9.10. The predicted molar refractivity (Wildman–Crippen MR) is 82.1 cm³/mol. The molecule has 2 rings (SSSR count). The molecular formula is C14H11BrN4O2. The zero-order chi connectivity index (χ0) is 15.4. The molecule has 0 aliphatic rings. The lowest BCUT2D eigenvalue weighted by atomic mass is 10.2. The molecule has 7 heteroatoms. The largest absolute Gasteiger partial charge is 0.465 e. The summed E-state index contributed by atoms with van der Waals surface area (Å²) < 4.78 is 5.38. The summed E-state index contributed by atoms with van der Waals surface area (Å²) in [7, 11) is 1.28. The molecule has 21 heavy (non-hydrogen) atoms. The molecule has 1 aromatic carbocycles. The fourth-order valence-electron chi connectivity index (χ4n) is 1.66. The molecule has 2 aromatic rings. The monoisotopic (exact) mass is 346 g/mol. The second-order valence-electron chi connectivity index (χ2n) is 4.09. The van der Waals surface area contributed by atoms with Gasteiger partial charge in [-0.2, -0.15) is 5.26 Å². The van der Waals surface area contributed by atoms with Gasteiger partial charge in [0.15, 0.2) is 0 Å². The van der Waals surface area contributed by atoms with Crippen LogP contribution < -0.4 is 11.1 Å². The van der Waals surface area contributed by atoms with Crippen LogP contribution in [0.15, 0.2) is 34.9 Å². The van der Waals surface area contributed by atoms with Gasteiger partial charge >= 0.3 is 5.97 Å². The van der Waals surface area contributed by atoms with E-state index in [4.69, 9.17) is 15.7 Å². The smallest absolute Gasteiger partial charge is 0.341 e. The maximum atomic E-state index is 11.7. The Labute approximate surface area is 129 Å². The number of methoxy groups -OCH3 is 1. The number of halogens is 1. The number of nitrogens with two attached hydrogens (primary N) is 1. The predicted octanol–water partition coefficient (Wildman–Crippen LogP) is 2.83. The number of carbonyl (C=O) groups is 1. The standard InChI is InChI=1S/C14H11BrN4O2/c1-21-14(20)10-5-9(17)7-18-13(10)19-12-3-2-8(6-16)4-11(12)15/h2-5,7H,17H2,1H3,(H,18,19). The summed E-state index contributed by atoms with van der Waals surface area (Å²) in [6.45, 7) is 0. The van der Waals surface area contributed by atoms with Crippen LogP contribution in [0.1, 0.15) is 15.9 Å². The number of aromatic nitrogens is 1. The number of nitrogens with one attached hydrogen (secondary N) is 1. The molecule has 106 valence electrons. The van der Waals surface area contributed by atoms with Crippen LogP contribution in [0.2, 0.25) is 0 Å². The molecule has 0 aliphatic carbocycles. The highest BCUT2D eigenvalue weighted by Crippen LogP contribution is 2.28. The van der Waals surface area contributed by atoms with Gasteiger partial charge in [0.05, 0.1) is 36.3 Å². The Hall–Kier alpha value is -2.59. The summed E-state index contributed by atoms with van der Waals surface area (Å²) in [6, 6.07) is 8.56. The molecule has 0 saturated heterocycles. The van der Waals surface area contributed by atoms with Crippen LogP contribution in [0, 0.1) is 11.3 Å². The van der Waals surface area contributed by atoms with Crippen molar-refractivity contribution >= 4 is 39.1 Å². The number of ether oxygens (including phenoxy) is 1. The fraction of sp³-hybridized carbons (Fsp3) is 0.0714. The molecule has 0 radical (unpaired) electrons. The quantitative estimate of drug-likeness (QED) is 0.828. The van der Waals surface area contributed by atoms with Crippen LogP contribution in [-0.4, -0.2) is 18.1 Å². The molecule has 6 nitrogen and oxygen atoms in total. The Kier molecular flexibility index (Phi) is 4.40. The SMILES string of the molecule is COC(=O)c1cc(N)cnc1Nc1ccc(C#N)cc1Br. The number of nitrogen functional groups attached to an aromatic ring is 1. The first kappa shape index (κ1) is 14.8. The molecule has 0 amide bonds. The number of pyridine rings is 1. The number of esters is 1. The molecule has 0 saturated carbocycles. The summed E-state index contributed by atoms with van der Waals surface area (Å²) >= 11 is 3.36. The molecule has 0 spiro atoms. The van der Waals surface area contributed by atoms with Crippen LogP contribution in [0.5, 0.6) is 0 Å². The van der Waals surface area contributed by atoms with Gasteiger partial charge in [-0.3, -0.25) is 0 Å². The first-order valence-corrected chi connectivity index (χ1v) is 6.65. The van der Waals surface area contributed by atoms with E-state index >= 15 is 0 Å². The summed E-state index contributed by atoms with van der Waals surface area (Å²) in [5.74, 6) is -0.219. The molecule has 0 unspecified atom stereocenters. The van der Waals surface area contributed by atoms with Gasteiger partial charge in [-0.15, -0.1) is 0 Å². The second-order valence-corrected chi connectivity index (χ2v) is 4.94. The molecule has 0 aliphatic heterocycles. The average molecular weight is 347 g/mol. The summed E-state index contributed by atoms with van der Waals surface area (Å²) in [4.78, 5) is 15.9. The van der Waals surface area contributed by atoms with Crippen molar-refractivity contribution in [2.45, 2.75) is 0 Å². The number of nitriles is 1. The molecule has 3 N–H and O–H groups in total. The Morgan fingerprint density at radius 2 is 2.24 bits per heavy atom. The topological polar surface area (TPSA) is 101 Å². The van der Waals surface area contributed by atoms with E-state index in [1.807, 2.05) is 6.07 Å². The molecule has 0 fully saturated rings. The van der Waals surface area contributed by atoms with E-state index in [0.717, 1.165) is 0 Å². The van der Waals surface area contributed by atoms with Crippen molar-refractivity contribution in [1.82, 2.24) is 4.98 Å². The van der Waals surface area contributed by atoms with Crippen LogP contribution in [0.3, 0.4) is 0 Å². The van der Waals surface area contributed by atoms with Crippen molar-refractivity contribution in [3.8, 4) is 6.07 Å². The van der Waals surface area contributed by atoms with Crippen molar-refractivity contribution in [2.75, 3.05) is 18.2 Å². The third kappa shape index (κ3) is 3.30. The van der Waals surface area contributed by atoms with Gasteiger partial charge in [0.25, 0.3) is 0 Å².